The fourth-order valence-electron chi connectivity index (χ4n) is 3.63. The molecule has 0 fully saturated rings. The average Bonchev–Trinajstić information content (AvgIpc) is 2.94. The van der Waals surface area contributed by atoms with Crippen LogP contribution < -0.4 is 10.7 Å². The normalized spacial score (nSPS) is 14.2. The first-order valence-corrected chi connectivity index (χ1v) is 8.94. The molecule has 0 radical (unpaired) electrons. The van der Waals surface area contributed by atoms with Gasteiger partial charge in [-0.05, 0) is 49.8 Å². The molecule has 2 heterocycles. The Labute approximate surface area is 135 Å². The molecule has 3 heteroatoms. The van der Waals surface area contributed by atoms with E-state index in [9.17, 15) is 0 Å². The lowest BCUT2D eigenvalue weighted by molar-refractivity contribution is -0.328. The van der Waals surface area contributed by atoms with E-state index >= 15 is 0 Å². The molecule has 0 unspecified atom stereocenters. The molecule has 2 nitrogen and oxygen atoms in total. The van der Waals surface area contributed by atoms with Crippen LogP contribution in [0.15, 0.2) is 30.3 Å². The van der Waals surface area contributed by atoms with Gasteiger partial charge in [0.15, 0.2) is 0 Å². The van der Waals surface area contributed by atoms with E-state index in [4.69, 9.17) is 5.73 Å². The Morgan fingerprint density at radius 2 is 1.91 bits per heavy atom. The smallest absolute Gasteiger partial charge is 0.270 e. The molecule has 1 aromatic carbocycles. The highest BCUT2D eigenvalue weighted by molar-refractivity contribution is 7.18. The molecule has 0 spiro atoms. The zero-order chi connectivity index (χ0) is 15.1. The average molecular weight is 309 g/mol. The van der Waals surface area contributed by atoms with Crippen molar-refractivity contribution in [2.45, 2.75) is 39.0 Å². The number of nitrogens with two attached hydrogens (primary N) is 1. The van der Waals surface area contributed by atoms with Gasteiger partial charge in [-0.1, -0.05) is 36.5 Å². The maximum absolute atomic E-state index is 6.62. The number of thiophene rings is 1. The topological polar surface area (TPSA) is 40.2 Å². The number of H-pyrrole nitrogens is 1. The predicted octanol–water partition coefficient (Wildman–Crippen LogP) is 4.41. The van der Waals surface area contributed by atoms with Gasteiger partial charge in [0.25, 0.3) is 4.83 Å². The molecular formula is C19H21N2S+. The van der Waals surface area contributed by atoms with Crippen LogP contribution >= 0.6 is 11.3 Å². The lowest BCUT2D eigenvalue weighted by Crippen LogP contribution is -2.13. The molecule has 3 N–H and O–H groups in total. The van der Waals surface area contributed by atoms with Crippen molar-refractivity contribution in [3.8, 4) is 11.3 Å². The maximum atomic E-state index is 6.62. The number of pyridine rings is 1. The number of aryl methyl sites for hydroxylation is 2. The number of benzene rings is 1. The molecule has 0 bridgehead atoms. The van der Waals surface area contributed by atoms with Crippen LogP contribution in [0, 0.1) is 0 Å². The van der Waals surface area contributed by atoms with Crippen LogP contribution in [0.1, 0.15) is 35.8 Å². The molecule has 0 aliphatic heterocycles. The first kappa shape index (κ1) is 13.8. The number of rotatable bonds is 2. The van der Waals surface area contributed by atoms with Crippen LogP contribution in [-0.2, 0) is 19.3 Å². The molecule has 4 rings (SSSR count). The van der Waals surface area contributed by atoms with Crippen molar-refractivity contribution < 1.29 is 4.98 Å². The lowest BCUT2D eigenvalue weighted by atomic mass is 9.93. The van der Waals surface area contributed by atoms with Gasteiger partial charge in [-0.25, -0.2) is 0 Å². The summed E-state index contributed by atoms with van der Waals surface area (Å²) in [5.74, 6) is 0. The Kier molecular flexibility index (Phi) is 3.38. The van der Waals surface area contributed by atoms with Gasteiger partial charge < -0.3 is 5.73 Å². The Bertz CT molecular complexity index is 834. The minimum absolute atomic E-state index is 0.952. The van der Waals surface area contributed by atoms with Crippen molar-refractivity contribution in [3.05, 3.63) is 46.3 Å². The van der Waals surface area contributed by atoms with Crippen LogP contribution in [0.25, 0.3) is 21.5 Å². The molecule has 1 aliphatic rings. The number of aromatic amines is 1. The highest BCUT2D eigenvalue weighted by Crippen LogP contribution is 2.40. The van der Waals surface area contributed by atoms with Gasteiger partial charge in [0.2, 0.25) is 5.69 Å². The summed E-state index contributed by atoms with van der Waals surface area (Å²) in [4.78, 5) is 6.49. The summed E-state index contributed by atoms with van der Waals surface area (Å²) in [6.45, 7) is 2.19. The highest BCUT2D eigenvalue weighted by atomic mass is 32.1. The number of nitrogens with one attached hydrogen (secondary N) is 1. The highest BCUT2D eigenvalue weighted by Gasteiger charge is 2.26. The number of nitrogen functional groups attached to an aromatic ring is 1. The second-order valence-electron chi connectivity index (χ2n) is 6.03. The van der Waals surface area contributed by atoms with E-state index in [2.05, 4.69) is 42.2 Å². The SMILES string of the molecule is CCc1c(-c2ccccc2)[nH+]c2sc3c(c2c1N)CCCC3. The molecule has 0 amide bonds. The summed E-state index contributed by atoms with van der Waals surface area (Å²) in [6.07, 6.45) is 5.95. The van der Waals surface area contributed by atoms with Gasteiger partial charge in [-0.2, -0.15) is 4.98 Å². The fourth-order valence-corrected chi connectivity index (χ4v) is 4.94. The van der Waals surface area contributed by atoms with Crippen molar-refractivity contribution in [1.82, 2.24) is 0 Å². The molecular weight excluding hydrogens is 288 g/mol. The first-order chi connectivity index (χ1) is 10.8. The van der Waals surface area contributed by atoms with Crippen LogP contribution in [0.2, 0.25) is 0 Å². The van der Waals surface area contributed by atoms with E-state index in [-0.39, 0.29) is 0 Å². The second kappa shape index (κ2) is 5.40. The lowest BCUT2D eigenvalue weighted by Gasteiger charge is -2.12. The summed E-state index contributed by atoms with van der Waals surface area (Å²) in [5.41, 5.74) is 12.8. The maximum Gasteiger partial charge on any atom is 0.270 e. The second-order valence-corrected chi connectivity index (χ2v) is 7.13. The summed E-state index contributed by atoms with van der Waals surface area (Å²) >= 11 is 1.91. The molecule has 22 heavy (non-hydrogen) atoms. The third-order valence-electron chi connectivity index (χ3n) is 4.72. The van der Waals surface area contributed by atoms with Crippen molar-refractivity contribution in [3.63, 3.8) is 0 Å². The standard InChI is InChI=1S/C19H20N2S/c1-2-13-17(20)16-14-10-6-7-11-15(14)22-19(16)21-18(13)12-8-4-3-5-9-12/h3-5,8-9H,2,6-7,10-11H2,1H3,(H2,20,21)/p+1. The van der Waals surface area contributed by atoms with Crippen molar-refractivity contribution in [2.24, 2.45) is 0 Å². The predicted molar refractivity (Wildman–Crippen MR) is 94.2 cm³/mol. The minimum Gasteiger partial charge on any atom is -0.398 e. The van der Waals surface area contributed by atoms with Crippen molar-refractivity contribution >= 4 is 27.2 Å². The van der Waals surface area contributed by atoms with Crippen LogP contribution in [-0.4, -0.2) is 0 Å². The monoisotopic (exact) mass is 309 g/mol. The van der Waals surface area contributed by atoms with Gasteiger partial charge in [0, 0.05) is 16.0 Å². The number of hydrogen-bond acceptors (Lipinski definition) is 2. The van der Waals surface area contributed by atoms with E-state index in [0.29, 0.717) is 0 Å². The van der Waals surface area contributed by atoms with Gasteiger partial charge in [0.1, 0.15) is 0 Å². The fraction of sp³-hybridized carbons (Fsp3) is 0.316. The van der Waals surface area contributed by atoms with Crippen molar-refractivity contribution in [1.29, 1.82) is 0 Å². The van der Waals surface area contributed by atoms with Gasteiger partial charge in [-0.15, -0.1) is 0 Å². The summed E-state index contributed by atoms with van der Waals surface area (Å²) in [7, 11) is 0. The summed E-state index contributed by atoms with van der Waals surface area (Å²) in [5, 5.41) is 1.30. The summed E-state index contributed by atoms with van der Waals surface area (Å²) < 4.78 is 0. The molecule has 0 atom stereocenters. The Morgan fingerprint density at radius 3 is 2.68 bits per heavy atom. The van der Waals surface area contributed by atoms with Gasteiger partial charge in [-0.3, -0.25) is 0 Å². The summed E-state index contributed by atoms with van der Waals surface area (Å²) in [6, 6.07) is 10.5. The van der Waals surface area contributed by atoms with Crippen LogP contribution in [0.3, 0.4) is 0 Å². The van der Waals surface area contributed by atoms with Gasteiger partial charge in [0.05, 0.1) is 11.1 Å². The quantitative estimate of drug-likeness (QED) is 0.748. The minimum atomic E-state index is 0.952. The molecule has 2 aromatic heterocycles. The van der Waals surface area contributed by atoms with Crippen molar-refractivity contribution in [2.75, 3.05) is 5.73 Å². The number of anilines is 1. The number of hydrogen-bond donors (Lipinski definition) is 1. The Balaban J connectivity index is 2.03. The molecule has 0 saturated heterocycles. The van der Waals surface area contributed by atoms with E-state index in [1.54, 1.807) is 0 Å². The van der Waals surface area contributed by atoms with E-state index in [1.807, 2.05) is 11.3 Å². The third-order valence-corrected chi connectivity index (χ3v) is 5.93. The zero-order valence-corrected chi connectivity index (χ0v) is 13.7. The molecule has 0 saturated carbocycles. The molecule has 3 aromatic rings. The van der Waals surface area contributed by atoms with E-state index in [0.717, 1.165) is 12.1 Å². The number of aromatic nitrogens is 1. The molecule has 112 valence electrons. The van der Waals surface area contributed by atoms with Gasteiger partial charge >= 0.3 is 0 Å². The molecule has 1 aliphatic carbocycles. The zero-order valence-electron chi connectivity index (χ0n) is 12.9. The number of fused-ring (bicyclic) bond motifs is 3. The Hall–Kier alpha value is -1.87. The third kappa shape index (κ3) is 2.03. The van der Waals surface area contributed by atoms with E-state index < -0.39 is 0 Å². The van der Waals surface area contributed by atoms with Crippen LogP contribution in [0.5, 0.6) is 0 Å². The first-order valence-electron chi connectivity index (χ1n) is 8.13. The largest absolute Gasteiger partial charge is 0.398 e. The van der Waals surface area contributed by atoms with Crippen LogP contribution in [0.4, 0.5) is 5.69 Å². The van der Waals surface area contributed by atoms with E-state index in [1.165, 1.54) is 63.2 Å². The Morgan fingerprint density at radius 1 is 1.14 bits per heavy atom.